The second-order valence-corrected chi connectivity index (χ2v) is 6.12. The van der Waals surface area contributed by atoms with Crippen LogP contribution in [0.3, 0.4) is 0 Å². The Morgan fingerprint density at radius 1 is 1.26 bits per heavy atom. The summed E-state index contributed by atoms with van der Waals surface area (Å²) in [7, 11) is -3.16. The van der Waals surface area contributed by atoms with Crippen LogP contribution in [0.5, 0.6) is 0 Å². The number of nitrogens with two attached hydrogens (primary N) is 1. The first-order chi connectivity index (χ1) is 9.07. The normalized spacial score (nSPS) is 10.8. The quantitative estimate of drug-likeness (QED) is 0.770. The molecule has 5 heteroatoms. The van der Waals surface area contributed by atoms with Crippen molar-refractivity contribution < 1.29 is 8.42 Å². The van der Waals surface area contributed by atoms with E-state index in [0.717, 1.165) is 17.5 Å². The molecule has 0 radical (unpaired) electrons. The highest BCUT2D eigenvalue weighted by atomic mass is 32.2. The van der Waals surface area contributed by atoms with E-state index in [1.165, 1.54) is 0 Å². The lowest BCUT2D eigenvalue weighted by atomic mass is 10.1. The van der Waals surface area contributed by atoms with E-state index in [4.69, 9.17) is 5.73 Å². The largest absolute Gasteiger partial charge is 0.320 e. The number of rotatable bonds is 6. The molecule has 104 valence electrons. The molecule has 0 aliphatic rings. The first-order valence-corrected chi connectivity index (χ1v) is 7.98. The average molecular weight is 280 g/mol. The summed E-state index contributed by atoms with van der Waals surface area (Å²) in [6, 6.07) is 7.45. The fourth-order valence-corrected chi connectivity index (χ4v) is 2.66. The summed E-state index contributed by atoms with van der Waals surface area (Å²) >= 11 is 0. The molecule has 1 aromatic carbocycles. The molecule has 0 aromatic heterocycles. The van der Waals surface area contributed by atoms with Gasteiger partial charge in [-0.15, -0.1) is 0 Å². The fraction of sp³-hybridized carbons (Fsp3) is 0.429. The van der Waals surface area contributed by atoms with E-state index in [0.29, 0.717) is 19.5 Å². The molecule has 0 heterocycles. The van der Waals surface area contributed by atoms with Gasteiger partial charge in [-0.1, -0.05) is 37.3 Å². The van der Waals surface area contributed by atoms with Crippen molar-refractivity contribution in [2.24, 2.45) is 5.73 Å². The van der Waals surface area contributed by atoms with Gasteiger partial charge in [0.15, 0.2) is 0 Å². The van der Waals surface area contributed by atoms with Crippen molar-refractivity contribution in [1.82, 2.24) is 4.72 Å². The van der Waals surface area contributed by atoms with Crippen LogP contribution < -0.4 is 10.5 Å². The van der Waals surface area contributed by atoms with E-state index < -0.39 is 10.0 Å². The van der Waals surface area contributed by atoms with Gasteiger partial charge in [0.25, 0.3) is 0 Å². The second-order valence-electron chi connectivity index (χ2n) is 4.20. The number of benzene rings is 1. The predicted octanol–water partition coefficient (Wildman–Crippen LogP) is 1.22. The summed E-state index contributed by atoms with van der Waals surface area (Å²) in [5, 5.41) is 0. The van der Waals surface area contributed by atoms with Crippen LogP contribution >= 0.6 is 0 Å². The molecular weight excluding hydrogens is 260 g/mol. The molecule has 0 unspecified atom stereocenters. The Labute approximate surface area is 115 Å². The fourth-order valence-electron chi connectivity index (χ4n) is 1.46. The van der Waals surface area contributed by atoms with E-state index in [9.17, 15) is 8.42 Å². The van der Waals surface area contributed by atoms with E-state index in [1.54, 1.807) is 0 Å². The zero-order valence-corrected chi connectivity index (χ0v) is 12.0. The average Bonchev–Trinajstić information content (AvgIpc) is 2.42. The Kier molecular flexibility index (Phi) is 6.57. The lowest BCUT2D eigenvalue weighted by Gasteiger charge is -2.06. The van der Waals surface area contributed by atoms with E-state index >= 15 is 0 Å². The van der Waals surface area contributed by atoms with E-state index in [-0.39, 0.29) is 5.75 Å². The molecule has 0 spiro atoms. The van der Waals surface area contributed by atoms with Crippen LogP contribution in [0.4, 0.5) is 0 Å². The van der Waals surface area contributed by atoms with Crippen LogP contribution in [-0.4, -0.2) is 20.7 Å². The van der Waals surface area contributed by atoms with Crippen LogP contribution in [0, 0.1) is 11.8 Å². The topological polar surface area (TPSA) is 72.2 Å². The van der Waals surface area contributed by atoms with Gasteiger partial charge in [0, 0.05) is 12.1 Å². The van der Waals surface area contributed by atoms with Gasteiger partial charge < -0.3 is 5.73 Å². The van der Waals surface area contributed by atoms with Crippen molar-refractivity contribution >= 4 is 10.0 Å². The van der Waals surface area contributed by atoms with Crippen LogP contribution in [0.25, 0.3) is 0 Å². The lowest BCUT2D eigenvalue weighted by molar-refractivity contribution is 0.578. The first-order valence-electron chi connectivity index (χ1n) is 6.32. The lowest BCUT2D eigenvalue weighted by Crippen LogP contribution is -2.25. The minimum Gasteiger partial charge on any atom is -0.320 e. The summed E-state index contributed by atoms with van der Waals surface area (Å²) in [5.74, 6) is 5.87. The number of hydrogen-bond acceptors (Lipinski definition) is 3. The molecule has 1 aromatic rings. The maximum atomic E-state index is 11.6. The predicted molar refractivity (Wildman–Crippen MR) is 77.9 cm³/mol. The smallest absolute Gasteiger partial charge is 0.211 e. The van der Waals surface area contributed by atoms with Gasteiger partial charge in [-0.25, -0.2) is 13.1 Å². The highest BCUT2D eigenvalue weighted by Gasteiger charge is 2.08. The molecule has 0 saturated heterocycles. The zero-order chi connectivity index (χ0) is 14.1. The van der Waals surface area contributed by atoms with Crippen molar-refractivity contribution in [2.75, 3.05) is 12.3 Å². The SMILES string of the molecule is CCCCS(=O)(=O)NCc1ccc(C#CCN)cc1. The van der Waals surface area contributed by atoms with Crippen molar-refractivity contribution in [3.63, 3.8) is 0 Å². The van der Waals surface area contributed by atoms with Crippen LogP contribution in [0.2, 0.25) is 0 Å². The maximum absolute atomic E-state index is 11.6. The van der Waals surface area contributed by atoms with Gasteiger partial charge >= 0.3 is 0 Å². The third kappa shape index (κ3) is 6.39. The van der Waals surface area contributed by atoms with Gasteiger partial charge in [0.05, 0.1) is 12.3 Å². The molecule has 3 N–H and O–H groups in total. The molecule has 19 heavy (non-hydrogen) atoms. The molecule has 0 amide bonds. The van der Waals surface area contributed by atoms with Gasteiger partial charge in [0.2, 0.25) is 10.0 Å². The summed E-state index contributed by atoms with van der Waals surface area (Å²) in [6.07, 6.45) is 1.55. The van der Waals surface area contributed by atoms with Crippen molar-refractivity contribution in [3.8, 4) is 11.8 Å². The maximum Gasteiger partial charge on any atom is 0.211 e. The Balaban J connectivity index is 2.54. The second kappa shape index (κ2) is 7.95. The summed E-state index contributed by atoms with van der Waals surface area (Å²) in [4.78, 5) is 0. The van der Waals surface area contributed by atoms with Crippen LogP contribution in [0.15, 0.2) is 24.3 Å². The monoisotopic (exact) mass is 280 g/mol. The van der Waals surface area contributed by atoms with Gasteiger partial charge in [-0.05, 0) is 24.1 Å². The molecular formula is C14H20N2O2S. The molecule has 4 nitrogen and oxygen atoms in total. The minimum atomic E-state index is -3.16. The molecule has 0 bridgehead atoms. The van der Waals surface area contributed by atoms with Gasteiger partial charge in [-0.3, -0.25) is 0 Å². The van der Waals surface area contributed by atoms with Crippen molar-refractivity contribution in [2.45, 2.75) is 26.3 Å². The van der Waals surface area contributed by atoms with Crippen molar-refractivity contribution in [1.29, 1.82) is 0 Å². The molecule has 0 fully saturated rings. The molecule has 0 aliphatic heterocycles. The van der Waals surface area contributed by atoms with Crippen LogP contribution in [-0.2, 0) is 16.6 Å². The molecule has 0 aliphatic carbocycles. The molecule has 0 saturated carbocycles. The first kappa shape index (κ1) is 15.7. The highest BCUT2D eigenvalue weighted by molar-refractivity contribution is 7.89. The highest BCUT2D eigenvalue weighted by Crippen LogP contribution is 2.04. The van der Waals surface area contributed by atoms with E-state index in [1.807, 2.05) is 31.2 Å². The third-order valence-electron chi connectivity index (χ3n) is 2.55. The summed E-state index contributed by atoms with van der Waals surface area (Å²) < 4.78 is 25.8. The molecule has 1 rings (SSSR count). The Bertz CT molecular complexity index is 539. The summed E-state index contributed by atoms with van der Waals surface area (Å²) in [5.41, 5.74) is 7.08. The van der Waals surface area contributed by atoms with Crippen LogP contribution in [0.1, 0.15) is 30.9 Å². The molecule has 0 atom stereocenters. The third-order valence-corrected chi connectivity index (χ3v) is 3.96. The standard InChI is InChI=1S/C14H20N2O2S/c1-2-3-11-19(17,18)16-12-14-8-6-13(7-9-14)5-4-10-15/h6-9,16H,2-3,10-12,15H2,1H3. The van der Waals surface area contributed by atoms with Gasteiger partial charge in [-0.2, -0.15) is 0 Å². The minimum absolute atomic E-state index is 0.184. The Hall–Kier alpha value is -1.35. The Morgan fingerprint density at radius 3 is 2.53 bits per heavy atom. The number of nitrogens with one attached hydrogen (secondary N) is 1. The van der Waals surface area contributed by atoms with Crippen molar-refractivity contribution in [3.05, 3.63) is 35.4 Å². The van der Waals surface area contributed by atoms with Gasteiger partial charge in [0.1, 0.15) is 0 Å². The number of hydrogen-bond donors (Lipinski definition) is 2. The van der Waals surface area contributed by atoms with E-state index in [2.05, 4.69) is 16.6 Å². The zero-order valence-electron chi connectivity index (χ0n) is 11.1. The summed E-state index contributed by atoms with van der Waals surface area (Å²) in [6.45, 7) is 2.62. The Morgan fingerprint density at radius 2 is 1.95 bits per heavy atom. The number of unbranched alkanes of at least 4 members (excludes halogenated alkanes) is 1. The number of sulfonamides is 1.